The molecule has 1 heterocycles. The summed E-state index contributed by atoms with van der Waals surface area (Å²) >= 11 is 0. The minimum absolute atomic E-state index is 0.0392. The maximum atomic E-state index is 11.9. The lowest BCUT2D eigenvalue weighted by molar-refractivity contribution is -0.135. The summed E-state index contributed by atoms with van der Waals surface area (Å²) in [6, 6.07) is 0.0578. The first-order chi connectivity index (χ1) is 8.99. The van der Waals surface area contributed by atoms with Gasteiger partial charge in [-0.1, -0.05) is 13.8 Å². The molecular weight excluding hydrogens is 246 g/mol. The van der Waals surface area contributed by atoms with Gasteiger partial charge in [0.25, 0.3) is 0 Å². The van der Waals surface area contributed by atoms with Gasteiger partial charge in [-0.3, -0.25) is 9.59 Å². The van der Waals surface area contributed by atoms with Gasteiger partial charge >= 0.3 is 0 Å². The van der Waals surface area contributed by atoms with Crippen LogP contribution in [-0.4, -0.2) is 62.7 Å². The van der Waals surface area contributed by atoms with Crippen LogP contribution in [0.5, 0.6) is 0 Å². The normalized spacial score (nSPS) is 19.3. The van der Waals surface area contributed by atoms with Crippen molar-refractivity contribution >= 4 is 11.8 Å². The first kappa shape index (κ1) is 15.9. The van der Waals surface area contributed by atoms with Gasteiger partial charge in [-0.2, -0.15) is 0 Å². The lowest BCUT2D eigenvalue weighted by Gasteiger charge is -2.25. The molecule has 6 heteroatoms. The van der Waals surface area contributed by atoms with Gasteiger partial charge in [0.1, 0.15) is 0 Å². The Balaban J connectivity index is 2.25. The Bertz CT molecular complexity index is 302. The van der Waals surface area contributed by atoms with E-state index in [2.05, 4.69) is 10.6 Å². The van der Waals surface area contributed by atoms with Crippen LogP contribution in [0.1, 0.15) is 20.3 Å². The minimum Gasteiger partial charge on any atom is -0.378 e. The standard InChI is InChI=1S/C13H25N3O3/c1-10(2)7-15-12(17)8-16(3)13(18)6-11-9-19-5-4-14-11/h10-11,14H,4-9H2,1-3H3,(H,15,17). The molecule has 0 aromatic carbocycles. The van der Waals surface area contributed by atoms with Crippen molar-refractivity contribution in [2.24, 2.45) is 5.92 Å². The van der Waals surface area contributed by atoms with Crippen LogP contribution in [0.4, 0.5) is 0 Å². The van der Waals surface area contributed by atoms with Gasteiger partial charge in [-0.15, -0.1) is 0 Å². The fraction of sp³-hybridized carbons (Fsp3) is 0.846. The summed E-state index contributed by atoms with van der Waals surface area (Å²) in [5.41, 5.74) is 0. The molecule has 1 fully saturated rings. The molecule has 1 rings (SSSR count). The number of amides is 2. The summed E-state index contributed by atoms with van der Waals surface area (Å²) in [6.07, 6.45) is 0.369. The fourth-order valence-corrected chi connectivity index (χ4v) is 1.79. The first-order valence-corrected chi connectivity index (χ1v) is 6.80. The molecule has 1 atom stereocenters. The van der Waals surface area contributed by atoms with E-state index in [-0.39, 0.29) is 24.4 Å². The molecular formula is C13H25N3O3. The largest absolute Gasteiger partial charge is 0.378 e. The van der Waals surface area contributed by atoms with Crippen LogP contribution in [0, 0.1) is 5.92 Å². The molecule has 0 aromatic heterocycles. The maximum Gasteiger partial charge on any atom is 0.239 e. The Morgan fingerprint density at radius 2 is 2.21 bits per heavy atom. The minimum atomic E-state index is -0.114. The quantitative estimate of drug-likeness (QED) is 0.689. The van der Waals surface area contributed by atoms with Crippen molar-refractivity contribution in [1.82, 2.24) is 15.5 Å². The van der Waals surface area contributed by atoms with Gasteiger partial charge < -0.3 is 20.3 Å². The van der Waals surface area contributed by atoms with Crippen LogP contribution in [0.25, 0.3) is 0 Å². The number of morpholine rings is 1. The molecule has 110 valence electrons. The molecule has 0 aliphatic carbocycles. The first-order valence-electron chi connectivity index (χ1n) is 6.80. The third kappa shape index (κ3) is 6.54. The maximum absolute atomic E-state index is 11.9. The third-order valence-electron chi connectivity index (χ3n) is 2.93. The molecule has 0 saturated carbocycles. The van der Waals surface area contributed by atoms with Gasteiger partial charge in [0.05, 0.1) is 19.8 Å². The molecule has 6 nitrogen and oxygen atoms in total. The molecule has 2 amide bonds. The van der Waals surface area contributed by atoms with Crippen LogP contribution < -0.4 is 10.6 Å². The molecule has 1 aliphatic rings. The zero-order valence-corrected chi connectivity index (χ0v) is 12.1. The van der Waals surface area contributed by atoms with Gasteiger partial charge in [0.15, 0.2) is 0 Å². The second-order valence-electron chi connectivity index (χ2n) is 5.38. The van der Waals surface area contributed by atoms with Crippen molar-refractivity contribution in [2.75, 3.05) is 39.9 Å². The van der Waals surface area contributed by atoms with E-state index < -0.39 is 0 Å². The molecule has 1 unspecified atom stereocenters. The highest BCUT2D eigenvalue weighted by Crippen LogP contribution is 2.01. The molecule has 19 heavy (non-hydrogen) atoms. The highest BCUT2D eigenvalue weighted by Gasteiger charge is 2.20. The summed E-state index contributed by atoms with van der Waals surface area (Å²) in [4.78, 5) is 25.0. The molecule has 0 spiro atoms. The zero-order chi connectivity index (χ0) is 14.3. The summed E-state index contributed by atoms with van der Waals surface area (Å²) in [5.74, 6) is 0.258. The Morgan fingerprint density at radius 3 is 2.79 bits per heavy atom. The summed E-state index contributed by atoms with van der Waals surface area (Å²) in [6.45, 7) is 6.83. The number of hydrogen-bond donors (Lipinski definition) is 2. The van der Waals surface area contributed by atoms with E-state index in [1.165, 1.54) is 4.90 Å². The van der Waals surface area contributed by atoms with Gasteiger partial charge in [-0.05, 0) is 5.92 Å². The highest BCUT2D eigenvalue weighted by molar-refractivity contribution is 5.84. The number of hydrogen-bond acceptors (Lipinski definition) is 4. The van der Waals surface area contributed by atoms with E-state index >= 15 is 0 Å². The number of nitrogens with one attached hydrogen (secondary N) is 2. The van der Waals surface area contributed by atoms with Crippen LogP contribution in [0.2, 0.25) is 0 Å². The van der Waals surface area contributed by atoms with Gasteiger partial charge in [-0.25, -0.2) is 0 Å². The van der Waals surface area contributed by atoms with E-state index in [1.807, 2.05) is 13.8 Å². The number of rotatable bonds is 6. The smallest absolute Gasteiger partial charge is 0.239 e. The van der Waals surface area contributed by atoms with Crippen molar-refractivity contribution in [3.8, 4) is 0 Å². The van der Waals surface area contributed by atoms with Crippen LogP contribution in [-0.2, 0) is 14.3 Å². The van der Waals surface area contributed by atoms with Gasteiger partial charge in [0, 0.05) is 32.6 Å². The number of carbonyl (C=O) groups is 2. The molecule has 0 aromatic rings. The Labute approximate surface area is 114 Å². The van der Waals surface area contributed by atoms with E-state index in [4.69, 9.17) is 4.74 Å². The van der Waals surface area contributed by atoms with Crippen LogP contribution in [0.3, 0.4) is 0 Å². The monoisotopic (exact) mass is 271 g/mol. The molecule has 0 radical (unpaired) electrons. The van der Waals surface area contributed by atoms with E-state index in [1.54, 1.807) is 7.05 Å². The molecule has 1 aliphatic heterocycles. The number of nitrogens with zero attached hydrogens (tertiary/aromatic N) is 1. The number of ether oxygens (including phenoxy) is 1. The Kier molecular flexibility index (Phi) is 6.80. The predicted octanol–water partition coefficient (Wildman–Crippen LogP) is -0.404. The topological polar surface area (TPSA) is 70.7 Å². The summed E-state index contributed by atoms with van der Waals surface area (Å²) in [7, 11) is 1.65. The highest BCUT2D eigenvalue weighted by atomic mass is 16.5. The fourth-order valence-electron chi connectivity index (χ4n) is 1.79. The third-order valence-corrected chi connectivity index (χ3v) is 2.93. The average Bonchev–Trinajstić information content (AvgIpc) is 2.37. The molecule has 0 bridgehead atoms. The Hall–Kier alpha value is -1.14. The van der Waals surface area contributed by atoms with E-state index in [0.717, 1.165) is 6.54 Å². The lowest BCUT2D eigenvalue weighted by Crippen LogP contribution is -2.46. The van der Waals surface area contributed by atoms with Crippen molar-refractivity contribution in [3.63, 3.8) is 0 Å². The van der Waals surface area contributed by atoms with Crippen LogP contribution in [0.15, 0.2) is 0 Å². The predicted molar refractivity (Wildman–Crippen MR) is 72.7 cm³/mol. The van der Waals surface area contributed by atoms with Gasteiger partial charge in [0.2, 0.25) is 11.8 Å². The average molecular weight is 271 g/mol. The summed E-state index contributed by atoms with van der Waals surface area (Å²) < 4.78 is 5.30. The Morgan fingerprint density at radius 1 is 1.47 bits per heavy atom. The molecule has 1 saturated heterocycles. The second kappa shape index (κ2) is 8.12. The second-order valence-corrected chi connectivity index (χ2v) is 5.38. The van der Waals surface area contributed by atoms with E-state index in [9.17, 15) is 9.59 Å². The molecule has 2 N–H and O–H groups in total. The van der Waals surface area contributed by atoms with Crippen molar-refractivity contribution < 1.29 is 14.3 Å². The number of likely N-dealkylation sites (N-methyl/N-ethyl adjacent to an activating group) is 1. The lowest BCUT2D eigenvalue weighted by atomic mass is 10.2. The summed E-state index contributed by atoms with van der Waals surface area (Å²) in [5, 5.41) is 6.02. The van der Waals surface area contributed by atoms with E-state index in [0.29, 0.717) is 32.1 Å². The SMILES string of the molecule is CC(C)CNC(=O)CN(C)C(=O)CC1COCCN1. The zero-order valence-electron chi connectivity index (χ0n) is 12.1. The number of carbonyl (C=O) groups excluding carboxylic acids is 2. The van der Waals surface area contributed by atoms with Crippen molar-refractivity contribution in [2.45, 2.75) is 26.3 Å². The van der Waals surface area contributed by atoms with Crippen molar-refractivity contribution in [1.29, 1.82) is 0 Å². The van der Waals surface area contributed by atoms with Crippen molar-refractivity contribution in [3.05, 3.63) is 0 Å². The van der Waals surface area contributed by atoms with Crippen LogP contribution >= 0.6 is 0 Å².